The van der Waals surface area contributed by atoms with Gasteiger partial charge in [0.1, 0.15) is 5.82 Å². The fraction of sp³-hybridized carbons (Fsp3) is 0.667. The van der Waals surface area contributed by atoms with Crippen molar-refractivity contribution in [3.63, 3.8) is 0 Å². The summed E-state index contributed by atoms with van der Waals surface area (Å²) in [4.78, 5) is 2.41. The van der Waals surface area contributed by atoms with E-state index in [0.29, 0.717) is 12.1 Å². The van der Waals surface area contributed by atoms with Gasteiger partial charge in [0.2, 0.25) is 0 Å². The quantitative estimate of drug-likeness (QED) is 0.843. The summed E-state index contributed by atoms with van der Waals surface area (Å²) in [7, 11) is 0. The number of nitrogens with zero attached hydrogens (tertiary/aromatic N) is 1. The minimum atomic E-state index is -0.102. The van der Waals surface area contributed by atoms with E-state index in [1.54, 1.807) is 12.1 Å². The topological polar surface area (TPSA) is 15.3 Å². The Balaban J connectivity index is 1.74. The average Bonchev–Trinajstić information content (AvgIpc) is 3.31. The van der Waals surface area contributed by atoms with Crippen molar-refractivity contribution >= 4 is 5.69 Å². The van der Waals surface area contributed by atoms with E-state index < -0.39 is 0 Å². The van der Waals surface area contributed by atoms with Gasteiger partial charge in [0.05, 0.1) is 0 Å². The molecule has 2 fully saturated rings. The second-order valence-electron chi connectivity index (χ2n) is 6.55. The second kappa shape index (κ2) is 6.78. The van der Waals surface area contributed by atoms with Crippen LogP contribution in [0.3, 0.4) is 0 Å². The van der Waals surface area contributed by atoms with Crippen LogP contribution in [0.2, 0.25) is 0 Å². The second-order valence-corrected chi connectivity index (χ2v) is 6.55. The van der Waals surface area contributed by atoms with Gasteiger partial charge < -0.3 is 10.2 Å². The Morgan fingerprint density at radius 2 is 1.86 bits per heavy atom. The highest BCUT2D eigenvalue weighted by Crippen LogP contribution is 2.28. The number of rotatable bonds is 6. The summed E-state index contributed by atoms with van der Waals surface area (Å²) in [6.45, 7) is 3.93. The largest absolute Gasteiger partial charge is 0.369 e. The lowest BCUT2D eigenvalue weighted by atomic mass is 9.93. The van der Waals surface area contributed by atoms with E-state index in [0.717, 1.165) is 24.3 Å². The molecule has 0 aliphatic heterocycles. The maximum atomic E-state index is 14.0. The van der Waals surface area contributed by atoms with Gasteiger partial charge in [0.15, 0.2) is 0 Å². The molecule has 2 aliphatic rings. The number of anilines is 1. The van der Waals surface area contributed by atoms with Crippen LogP contribution in [-0.2, 0) is 6.54 Å². The predicted molar refractivity (Wildman–Crippen MR) is 86.2 cm³/mol. The summed E-state index contributed by atoms with van der Waals surface area (Å²) in [6, 6.07) is 6.82. The first-order chi connectivity index (χ1) is 10.3. The molecule has 1 aromatic rings. The third-order valence-electron chi connectivity index (χ3n) is 4.80. The van der Waals surface area contributed by atoms with Crippen LogP contribution in [0.4, 0.5) is 10.1 Å². The molecule has 3 rings (SSSR count). The molecule has 21 heavy (non-hydrogen) atoms. The Hall–Kier alpha value is -1.09. The fourth-order valence-corrected chi connectivity index (χ4v) is 3.50. The molecule has 116 valence electrons. The van der Waals surface area contributed by atoms with Crippen molar-refractivity contribution in [3.05, 3.63) is 29.6 Å². The summed E-state index contributed by atoms with van der Waals surface area (Å²) in [5.41, 5.74) is 2.14. The normalized spacial score (nSPS) is 19.7. The van der Waals surface area contributed by atoms with E-state index in [2.05, 4.69) is 23.2 Å². The zero-order valence-electron chi connectivity index (χ0n) is 13.1. The van der Waals surface area contributed by atoms with Gasteiger partial charge in [-0.3, -0.25) is 0 Å². The first kappa shape index (κ1) is 14.8. The molecule has 0 atom stereocenters. The van der Waals surface area contributed by atoms with Crippen LogP contribution in [0, 0.1) is 5.82 Å². The molecule has 2 nitrogen and oxygen atoms in total. The first-order valence-corrected chi connectivity index (χ1v) is 8.55. The summed E-state index contributed by atoms with van der Waals surface area (Å²) >= 11 is 0. The van der Waals surface area contributed by atoms with E-state index >= 15 is 0 Å². The minimum Gasteiger partial charge on any atom is -0.369 e. The van der Waals surface area contributed by atoms with Crippen LogP contribution in [0.5, 0.6) is 0 Å². The molecule has 0 aromatic heterocycles. The monoisotopic (exact) mass is 290 g/mol. The van der Waals surface area contributed by atoms with E-state index in [9.17, 15) is 4.39 Å². The molecule has 0 heterocycles. The molecule has 2 saturated carbocycles. The molecule has 0 spiro atoms. The van der Waals surface area contributed by atoms with Gasteiger partial charge in [-0.1, -0.05) is 19.3 Å². The van der Waals surface area contributed by atoms with Crippen LogP contribution < -0.4 is 10.2 Å². The standard InChI is InChI=1S/C18H27FN2/c1-2-21(17-6-4-3-5-7-17)18-11-14(10-15(19)12-18)13-20-16-8-9-16/h10-12,16-17,20H,2-9,13H2,1H3. The molecule has 0 saturated heterocycles. The lowest BCUT2D eigenvalue weighted by Gasteiger charge is -2.35. The third-order valence-corrected chi connectivity index (χ3v) is 4.80. The average molecular weight is 290 g/mol. The molecule has 0 unspecified atom stereocenters. The van der Waals surface area contributed by atoms with Gasteiger partial charge in [-0.2, -0.15) is 0 Å². The molecule has 1 N–H and O–H groups in total. The van der Waals surface area contributed by atoms with Crippen LogP contribution in [-0.4, -0.2) is 18.6 Å². The zero-order chi connectivity index (χ0) is 14.7. The van der Waals surface area contributed by atoms with Crippen molar-refractivity contribution in [2.24, 2.45) is 0 Å². The van der Waals surface area contributed by atoms with Crippen molar-refractivity contribution in [3.8, 4) is 0 Å². The molecule has 1 aromatic carbocycles. The summed E-state index contributed by atoms with van der Waals surface area (Å²) < 4.78 is 14.0. The van der Waals surface area contributed by atoms with Crippen LogP contribution in [0.1, 0.15) is 57.4 Å². The molecule has 0 amide bonds. The van der Waals surface area contributed by atoms with Crippen molar-refractivity contribution in [2.75, 3.05) is 11.4 Å². The van der Waals surface area contributed by atoms with Gasteiger partial charge in [0, 0.05) is 30.9 Å². The van der Waals surface area contributed by atoms with E-state index in [4.69, 9.17) is 0 Å². The molecule has 0 bridgehead atoms. The molecule has 3 heteroatoms. The smallest absolute Gasteiger partial charge is 0.125 e. The van der Waals surface area contributed by atoms with Crippen molar-refractivity contribution in [2.45, 2.75) is 70.5 Å². The highest BCUT2D eigenvalue weighted by molar-refractivity contribution is 5.50. The van der Waals surface area contributed by atoms with Crippen LogP contribution in [0.25, 0.3) is 0 Å². The summed E-state index contributed by atoms with van der Waals surface area (Å²) in [5, 5.41) is 3.48. The summed E-state index contributed by atoms with van der Waals surface area (Å²) in [6.07, 6.45) is 9.02. The Labute approximate surface area is 127 Å². The highest BCUT2D eigenvalue weighted by Gasteiger charge is 2.22. The third kappa shape index (κ3) is 3.97. The maximum absolute atomic E-state index is 14.0. The van der Waals surface area contributed by atoms with Gasteiger partial charge >= 0.3 is 0 Å². The fourth-order valence-electron chi connectivity index (χ4n) is 3.50. The van der Waals surface area contributed by atoms with E-state index in [-0.39, 0.29) is 5.82 Å². The van der Waals surface area contributed by atoms with E-state index in [1.807, 2.05) is 0 Å². The van der Waals surface area contributed by atoms with Crippen molar-refractivity contribution < 1.29 is 4.39 Å². The number of hydrogen-bond acceptors (Lipinski definition) is 2. The number of nitrogens with one attached hydrogen (secondary N) is 1. The minimum absolute atomic E-state index is 0.102. The molecular weight excluding hydrogens is 263 g/mol. The number of hydrogen-bond donors (Lipinski definition) is 1. The Bertz CT molecular complexity index is 464. The van der Waals surface area contributed by atoms with Gasteiger partial charge in [-0.25, -0.2) is 4.39 Å². The molecule has 2 aliphatic carbocycles. The van der Waals surface area contributed by atoms with Crippen molar-refractivity contribution in [1.29, 1.82) is 0 Å². The van der Waals surface area contributed by atoms with Crippen LogP contribution >= 0.6 is 0 Å². The highest BCUT2D eigenvalue weighted by atomic mass is 19.1. The van der Waals surface area contributed by atoms with Crippen molar-refractivity contribution in [1.82, 2.24) is 5.32 Å². The Morgan fingerprint density at radius 3 is 2.52 bits per heavy atom. The van der Waals surface area contributed by atoms with Gasteiger partial charge in [-0.05, 0) is 56.4 Å². The summed E-state index contributed by atoms with van der Waals surface area (Å²) in [5.74, 6) is -0.102. The van der Waals surface area contributed by atoms with Gasteiger partial charge in [0.25, 0.3) is 0 Å². The SMILES string of the molecule is CCN(c1cc(F)cc(CNC2CC2)c1)C1CCCCC1. The van der Waals surface area contributed by atoms with Crippen LogP contribution in [0.15, 0.2) is 18.2 Å². The number of benzene rings is 1. The lowest BCUT2D eigenvalue weighted by Crippen LogP contribution is -2.36. The maximum Gasteiger partial charge on any atom is 0.125 e. The lowest BCUT2D eigenvalue weighted by molar-refractivity contribution is 0.417. The zero-order valence-corrected chi connectivity index (χ0v) is 13.1. The van der Waals surface area contributed by atoms with E-state index in [1.165, 1.54) is 44.9 Å². The molecular formula is C18H27FN2. The Kier molecular flexibility index (Phi) is 4.79. The first-order valence-electron chi connectivity index (χ1n) is 8.55. The van der Waals surface area contributed by atoms with Gasteiger partial charge in [-0.15, -0.1) is 0 Å². The molecule has 0 radical (unpaired) electrons. The number of halogens is 1. The predicted octanol–water partition coefficient (Wildman–Crippen LogP) is 4.24. The Morgan fingerprint density at radius 1 is 1.10 bits per heavy atom.